The van der Waals surface area contributed by atoms with Gasteiger partial charge in [0.2, 0.25) is 0 Å². The molecule has 0 spiro atoms. The number of hydrogen-bond acceptors (Lipinski definition) is 4. The summed E-state index contributed by atoms with van der Waals surface area (Å²) in [5.41, 5.74) is 0. The SMILES string of the molecule is CCOC(=O)/C=C/C=C/C(=O)OCC. The zero-order valence-electron chi connectivity index (χ0n) is 8.36. The lowest BCUT2D eigenvalue weighted by Gasteiger charge is -1.93. The summed E-state index contributed by atoms with van der Waals surface area (Å²) in [6.45, 7) is 4.12. The lowest BCUT2D eigenvalue weighted by molar-refractivity contribution is -0.138. The molecule has 0 unspecified atom stereocenters. The third kappa shape index (κ3) is 7.09. The lowest BCUT2D eigenvalue weighted by Crippen LogP contribution is -1.99. The molecule has 0 aliphatic rings. The van der Waals surface area contributed by atoms with E-state index < -0.39 is 11.9 Å². The molecule has 0 rings (SSSR count). The zero-order valence-corrected chi connectivity index (χ0v) is 8.36. The van der Waals surface area contributed by atoms with Crippen LogP contribution < -0.4 is 0 Å². The van der Waals surface area contributed by atoms with E-state index in [0.717, 1.165) is 0 Å². The average molecular weight is 198 g/mol. The number of hydrogen-bond donors (Lipinski definition) is 0. The van der Waals surface area contributed by atoms with Gasteiger partial charge >= 0.3 is 11.9 Å². The van der Waals surface area contributed by atoms with Gasteiger partial charge in [-0.05, 0) is 13.8 Å². The lowest BCUT2D eigenvalue weighted by atomic mass is 10.4. The summed E-state index contributed by atoms with van der Waals surface area (Å²) in [5, 5.41) is 0. The molecule has 0 aliphatic heterocycles. The zero-order chi connectivity index (χ0) is 10.8. The van der Waals surface area contributed by atoms with Gasteiger partial charge in [0.25, 0.3) is 0 Å². The fraction of sp³-hybridized carbons (Fsp3) is 0.400. The quantitative estimate of drug-likeness (QED) is 0.378. The molecule has 0 aromatic carbocycles. The highest BCUT2D eigenvalue weighted by atomic mass is 16.5. The van der Waals surface area contributed by atoms with E-state index in [2.05, 4.69) is 9.47 Å². The van der Waals surface area contributed by atoms with E-state index in [9.17, 15) is 9.59 Å². The molecule has 0 saturated heterocycles. The minimum atomic E-state index is -0.430. The number of carbonyl (C=O) groups is 2. The Morgan fingerprint density at radius 3 is 1.57 bits per heavy atom. The summed E-state index contributed by atoms with van der Waals surface area (Å²) >= 11 is 0. The molecule has 0 amide bonds. The Morgan fingerprint density at radius 2 is 1.29 bits per heavy atom. The van der Waals surface area contributed by atoms with Crippen LogP contribution in [-0.4, -0.2) is 25.2 Å². The van der Waals surface area contributed by atoms with Crippen LogP contribution >= 0.6 is 0 Å². The number of carbonyl (C=O) groups excluding carboxylic acids is 2. The maximum Gasteiger partial charge on any atom is 0.330 e. The van der Waals surface area contributed by atoms with E-state index in [-0.39, 0.29) is 0 Å². The van der Waals surface area contributed by atoms with E-state index >= 15 is 0 Å². The second-order valence-corrected chi connectivity index (χ2v) is 2.22. The Kier molecular flexibility index (Phi) is 7.13. The summed E-state index contributed by atoms with van der Waals surface area (Å²) in [6, 6.07) is 0. The first-order valence-corrected chi connectivity index (χ1v) is 4.39. The van der Waals surface area contributed by atoms with Gasteiger partial charge in [-0.1, -0.05) is 12.2 Å². The molecule has 0 saturated carbocycles. The molecule has 0 radical (unpaired) electrons. The van der Waals surface area contributed by atoms with Gasteiger partial charge in [0.05, 0.1) is 13.2 Å². The van der Waals surface area contributed by atoms with Crippen LogP contribution in [0.2, 0.25) is 0 Å². The number of rotatable bonds is 5. The molecule has 0 N–H and O–H groups in total. The summed E-state index contributed by atoms with van der Waals surface area (Å²) in [6.07, 6.45) is 5.32. The molecule has 0 aromatic heterocycles. The van der Waals surface area contributed by atoms with Gasteiger partial charge in [-0.3, -0.25) is 0 Å². The molecule has 78 valence electrons. The van der Waals surface area contributed by atoms with Crippen molar-refractivity contribution in [2.75, 3.05) is 13.2 Å². The van der Waals surface area contributed by atoms with Crippen molar-refractivity contribution in [3.05, 3.63) is 24.3 Å². The molecule has 14 heavy (non-hydrogen) atoms. The normalized spacial score (nSPS) is 10.7. The van der Waals surface area contributed by atoms with Gasteiger partial charge in [0.1, 0.15) is 0 Å². The first-order chi connectivity index (χ1) is 6.70. The van der Waals surface area contributed by atoms with Crippen LogP contribution in [0.25, 0.3) is 0 Å². The van der Waals surface area contributed by atoms with Crippen LogP contribution in [0, 0.1) is 0 Å². The molecule has 0 bridgehead atoms. The molecule has 4 heteroatoms. The van der Waals surface area contributed by atoms with Gasteiger partial charge in [0, 0.05) is 12.2 Å². The van der Waals surface area contributed by atoms with Crippen LogP contribution in [0.5, 0.6) is 0 Å². The molecule has 0 aliphatic carbocycles. The van der Waals surface area contributed by atoms with Gasteiger partial charge in [0.15, 0.2) is 0 Å². The summed E-state index contributed by atoms with van der Waals surface area (Å²) in [5.74, 6) is -0.859. The Bertz CT molecular complexity index is 215. The fourth-order valence-electron chi connectivity index (χ4n) is 0.649. The third-order valence-corrected chi connectivity index (χ3v) is 1.15. The maximum absolute atomic E-state index is 10.8. The molecule has 0 atom stereocenters. The van der Waals surface area contributed by atoms with E-state index in [0.29, 0.717) is 13.2 Å². The predicted molar refractivity (Wildman–Crippen MR) is 51.5 cm³/mol. The Labute approximate surface area is 83.2 Å². The molecule has 0 fully saturated rings. The monoisotopic (exact) mass is 198 g/mol. The second-order valence-electron chi connectivity index (χ2n) is 2.22. The molecular weight excluding hydrogens is 184 g/mol. The Balaban J connectivity index is 3.80. The minimum Gasteiger partial charge on any atom is -0.463 e. The highest BCUT2D eigenvalue weighted by Gasteiger charge is 1.92. The molecule has 0 heterocycles. The topological polar surface area (TPSA) is 52.6 Å². The van der Waals surface area contributed by atoms with Crippen molar-refractivity contribution >= 4 is 11.9 Å². The highest BCUT2D eigenvalue weighted by molar-refractivity contribution is 5.84. The molecule has 4 nitrogen and oxygen atoms in total. The van der Waals surface area contributed by atoms with Crippen molar-refractivity contribution in [1.82, 2.24) is 0 Å². The number of esters is 2. The largest absolute Gasteiger partial charge is 0.463 e. The van der Waals surface area contributed by atoms with Gasteiger partial charge in [-0.25, -0.2) is 9.59 Å². The molecular formula is C10H14O4. The van der Waals surface area contributed by atoms with Crippen molar-refractivity contribution in [2.24, 2.45) is 0 Å². The fourth-order valence-corrected chi connectivity index (χ4v) is 0.649. The second kappa shape index (κ2) is 8.04. The van der Waals surface area contributed by atoms with Crippen molar-refractivity contribution in [3.63, 3.8) is 0 Å². The Morgan fingerprint density at radius 1 is 0.929 bits per heavy atom. The predicted octanol–water partition coefficient (Wildman–Crippen LogP) is 1.22. The average Bonchev–Trinajstić information content (AvgIpc) is 2.13. The van der Waals surface area contributed by atoms with E-state index in [1.54, 1.807) is 13.8 Å². The smallest absolute Gasteiger partial charge is 0.330 e. The first-order valence-electron chi connectivity index (χ1n) is 4.39. The van der Waals surface area contributed by atoms with E-state index in [1.807, 2.05) is 0 Å². The van der Waals surface area contributed by atoms with Crippen LogP contribution in [0.1, 0.15) is 13.8 Å². The Hall–Kier alpha value is -1.58. The number of ether oxygens (including phenoxy) is 2. The third-order valence-electron chi connectivity index (χ3n) is 1.15. The first kappa shape index (κ1) is 12.4. The van der Waals surface area contributed by atoms with Gasteiger partial charge < -0.3 is 9.47 Å². The maximum atomic E-state index is 10.8. The summed E-state index contributed by atoms with van der Waals surface area (Å²) in [7, 11) is 0. The molecule has 0 aromatic rings. The standard InChI is InChI=1S/C10H14O4/c1-3-13-9(11)7-5-6-8-10(12)14-4-2/h5-8H,3-4H2,1-2H3/b7-5+,8-6+. The summed E-state index contributed by atoms with van der Waals surface area (Å²) in [4.78, 5) is 21.5. The van der Waals surface area contributed by atoms with Crippen molar-refractivity contribution in [3.8, 4) is 0 Å². The van der Waals surface area contributed by atoms with Crippen LogP contribution in [-0.2, 0) is 19.1 Å². The highest BCUT2D eigenvalue weighted by Crippen LogP contribution is 1.85. The van der Waals surface area contributed by atoms with Gasteiger partial charge in [-0.2, -0.15) is 0 Å². The van der Waals surface area contributed by atoms with Gasteiger partial charge in [-0.15, -0.1) is 0 Å². The van der Waals surface area contributed by atoms with Crippen LogP contribution in [0.15, 0.2) is 24.3 Å². The summed E-state index contributed by atoms with van der Waals surface area (Å²) < 4.78 is 9.24. The van der Waals surface area contributed by atoms with E-state index in [4.69, 9.17) is 0 Å². The van der Waals surface area contributed by atoms with Crippen molar-refractivity contribution in [2.45, 2.75) is 13.8 Å². The van der Waals surface area contributed by atoms with Crippen molar-refractivity contribution < 1.29 is 19.1 Å². The minimum absolute atomic E-state index is 0.338. The number of allylic oxidation sites excluding steroid dienone is 2. The van der Waals surface area contributed by atoms with E-state index in [1.165, 1.54) is 24.3 Å². The van der Waals surface area contributed by atoms with Crippen LogP contribution in [0.3, 0.4) is 0 Å². The van der Waals surface area contributed by atoms with Crippen LogP contribution in [0.4, 0.5) is 0 Å². The van der Waals surface area contributed by atoms with Crippen molar-refractivity contribution in [1.29, 1.82) is 0 Å².